The minimum atomic E-state index is 0.301. The van der Waals surface area contributed by atoms with Gasteiger partial charge in [-0.05, 0) is 18.9 Å². The summed E-state index contributed by atoms with van der Waals surface area (Å²) in [6.07, 6.45) is 1.76. The normalized spacial score (nSPS) is 10.4. The molecule has 10 heavy (non-hydrogen) atoms. The zero-order chi connectivity index (χ0) is 6.97. The van der Waals surface area contributed by atoms with Crippen LogP contribution in [0.3, 0.4) is 0 Å². The summed E-state index contributed by atoms with van der Waals surface area (Å²) in [5.41, 5.74) is 0.752. The first-order valence-corrected chi connectivity index (χ1v) is 2.81. The van der Waals surface area contributed by atoms with Gasteiger partial charge in [0.1, 0.15) is 0 Å². The van der Waals surface area contributed by atoms with Crippen LogP contribution < -0.4 is 0 Å². The van der Waals surface area contributed by atoms with E-state index in [1.165, 1.54) is 4.57 Å². The van der Waals surface area contributed by atoms with Crippen molar-refractivity contribution in [1.29, 1.82) is 0 Å². The van der Waals surface area contributed by atoms with Gasteiger partial charge in [-0.3, -0.25) is 0 Å². The van der Waals surface area contributed by atoms with Crippen molar-refractivity contribution in [1.82, 2.24) is 9.56 Å². The highest BCUT2D eigenvalue weighted by atomic mass is 16.5. The number of nitrogens with zero attached hydrogens (tertiary/aromatic N) is 3. The third kappa shape index (κ3) is 0.556. The van der Waals surface area contributed by atoms with Crippen LogP contribution in [-0.4, -0.2) is 16.3 Å². The van der Waals surface area contributed by atoms with Gasteiger partial charge in [-0.1, -0.05) is 0 Å². The minimum absolute atomic E-state index is 0.301. The van der Waals surface area contributed by atoms with Crippen molar-refractivity contribution in [3.8, 4) is 0 Å². The first-order chi connectivity index (χ1) is 4.90. The maximum absolute atomic E-state index is 5.03. The summed E-state index contributed by atoms with van der Waals surface area (Å²) < 4.78 is 6.57. The molecule has 2 heterocycles. The van der Waals surface area contributed by atoms with Gasteiger partial charge in [0.25, 0.3) is 0 Å². The van der Waals surface area contributed by atoms with Crippen LogP contribution in [0.5, 0.6) is 0 Å². The van der Waals surface area contributed by atoms with Crippen molar-refractivity contribution in [2.45, 2.75) is 0 Å². The Morgan fingerprint density at radius 3 is 3.30 bits per heavy atom. The van der Waals surface area contributed by atoms with Gasteiger partial charge in [0.05, 0.1) is 0 Å². The Bertz CT molecular complexity index is 331. The number of hydrogen-bond acceptors (Lipinski definition) is 3. The Hall–Kier alpha value is -1.58. The third-order valence-corrected chi connectivity index (χ3v) is 1.22. The second-order valence-electron chi connectivity index (χ2n) is 1.84. The summed E-state index contributed by atoms with van der Waals surface area (Å²) in [7, 11) is 0. The molecule has 0 saturated heterocycles. The fourth-order valence-corrected chi connectivity index (χ4v) is 0.791. The van der Waals surface area contributed by atoms with E-state index in [0.29, 0.717) is 6.01 Å². The van der Waals surface area contributed by atoms with Gasteiger partial charge in [0, 0.05) is 6.20 Å². The summed E-state index contributed by atoms with van der Waals surface area (Å²) >= 11 is 0. The lowest BCUT2D eigenvalue weighted by Crippen LogP contribution is -1.67. The summed E-state index contributed by atoms with van der Waals surface area (Å²) in [5.74, 6) is 0. The van der Waals surface area contributed by atoms with E-state index in [1.807, 2.05) is 12.1 Å². The van der Waals surface area contributed by atoms with Crippen molar-refractivity contribution in [3.05, 3.63) is 18.3 Å². The Kier molecular flexibility index (Phi) is 0.887. The van der Waals surface area contributed by atoms with Gasteiger partial charge in [0.2, 0.25) is 0 Å². The van der Waals surface area contributed by atoms with E-state index in [9.17, 15) is 0 Å². The Morgan fingerprint density at radius 2 is 2.60 bits per heavy atom. The molecule has 0 aliphatic rings. The average Bonchev–Trinajstić information content (AvgIpc) is 2.42. The number of aliphatic imine (C=N–C) groups is 1. The number of rotatable bonds is 1. The van der Waals surface area contributed by atoms with Crippen LogP contribution in [0.15, 0.2) is 27.8 Å². The van der Waals surface area contributed by atoms with E-state index >= 15 is 0 Å². The SMILES string of the molecule is C=Nc1nc2cccn2o1. The topological polar surface area (TPSA) is 42.8 Å². The first kappa shape index (κ1) is 5.22. The highest BCUT2D eigenvalue weighted by Gasteiger charge is 1.99. The molecule has 0 atom stereocenters. The summed E-state index contributed by atoms with van der Waals surface area (Å²) in [6.45, 7) is 3.29. The lowest BCUT2D eigenvalue weighted by Gasteiger charge is -1.75. The quantitative estimate of drug-likeness (QED) is 0.552. The van der Waals surface area contributed by atoms with Gasteiger partial charge >= 0.3 is 6.01 Å². The van der Waals surface area contributed by atoms with Gasteiger partial charge in [0.15, 0.2) is 5.65 Å². The van der Waals surface area contributed by atoms with Crippen molar-refractivity contribution in [3.63, 3.8) is 0 Å². The van der Waals surface area contributed by atoms with Crippen molar-refractivity contribution in [2.75, 3.05) is 0 Å². The predicted octanol–water partition coefficient (Wildman–Crippen LogP) is 1.26. The molecule has 0 amide bonds. The minimum Gasteiger partial charge on any atom is -0.332 e. The van der Waals surface area contributed by atoms with E-state index in [1.54, 1.807) is 6.20 Å². The molecule has 0 unspecified atom stereocenters. The van der Waals surface area contributed by atoms with Crippen molar-refractivity contribution in [2.24, 2.45) is 4.99 Å². The molecular weight excluding hydrogens is 130 g/mol. The van der Waals surface area contributed by atoms with E-state index < -0.39 is 0 Å². The number of hydrogen-bond donors (Lipinski definition) is 0. The molecule has 0 fully saturated rings. The summed E-state index contributed by atoms with van der Waals surface area (Å²) in [4.78, 5) is 7.49. The molecule has 0 aromatic carbocycles. The van der Waals surface area contributed by atoms with Gasteiger partial charge < -0.3 is 4.52 Å². The zero-order valence-electron chi connectivity index (χ0n) is 5.19. The Balaban J connectivity index is 2.78. The van der Waals surface area contributed by atoms with E-state index in [2.05, 4.69) is 16.7 Å². The standard InChI is InChI=1S/C6H5N3O/c1-7-6-8-5-3-2-4-9(5)10-6/h2-4H,1H2. The van der Waals surface area contributed by atoms with Crippen LogP contribution in [0.2, 0.25) is 0 Å². The van der Waals surface area contributed by atoms with Crippen LogP contribution in [0.4, 0.5) is 6.01 Å². The van der Waals surface area contributed by atoms with E-state index in [-0.39, 0.29) is 0 Å². The highest BCUT2D eigenvalue weighted by Crippen LogP contribution is 2.11. The van der Waals surface area contributed by atoms with Crippen molar-refractivity contribution < 1.29 is 4.52 Å². The molecular formula is C6H5N3O. The molecule has 2 aromatic rings. The molecule has 0 saturated carbocycles. The highest BCUT2D eigenvalue weighted by molar-refractivity contribution is 5.42. The molecule has 2 aromatic heterocycles. The van der Waals surface area contributed by atoms with Gasteiger partial charge in [-0.2, -0.15) is 9.56 Å². The smallest absolute Gasteiger partial charge is 0.332 e. The maximum atomic E-state index is 5.03. The predicted molar refractivity (Wildman–Crippen MR) is 36.7 cm³/mol. The van der Waals surface area contributed by atoms with E-state index in [0.717, 1.165) is 5.65 Å². The second kappa shape index (κ2) is 1.70. The average molecular weight is 135 g/mol. The fourth-order valence-electron chi connectivity index (χ4n) is 0.791. The van der Waals surface area contributed by atoms with Crippen LogP contribution >= 0.6 is 0 Å². The lowest BCUT2D eigenvalue weighted by molar-refractivity contribution is 0.386. The summed E-state index contributed by atoms with van der Waals surface area (Å²) in [6, 6.07) is 3.98. The fraction of sp³-hybridized carbons (Fsp3) is 0. The molecule has 0 spiro atoms. The third-order valence-electron chi connectivity index (χ3n) is 1.22. The molecule has 0 aliphatic carbocycles. The molecule has 2 rings (SSSR count). The monoisotopic (exact) mass is 135 g/mol. The van der Waals surface area contributed by atoms with Crippen molar-refractivity contribution >= 4 is 18.4 Å². The molecule has 0 aliphatic heterocycles. The van der Waals surface area contributed by atoms with Crippen LogP contribution in [-0.2, 0) is 0 Å². The zero-order valence-corrected chi connectivity index (χ0v) is 5.19. The first-order valence-electron chi connectivity index (χ1n) is 2.81. The van der Waals surface area contributed by atoms with Crippen LogP contribution in [0.1, 0.15) is 0 Å². The molecule has 0 radical (unpaired) electrons. The van der Waals surface area contributed by atoms with Gasteiger partial charge in [-0.25, -0.2) is 4.99 Å². The molecule has 4 nitrogen and oxygen atoms in total. The Morgan fingerprint density at radius 1 is 1.70 bits per heavy atom. The molecule has 50 valence electrons. The number of fused-ring (bicyclic) bond motifs is 1. The second-order valence-corrected chi connectivity index (χ2v) is 1.84. The van der Waals surface area contributed by atoms with Crippen LogP contribution in [0, 0.1) is 0 Å². The molecule has 0 N–H and O–H groups in total. The lowest BCUT2D eigenvalue weighted by atomic mass is 10.6. The molecule has 4 heteroatoms. The largest absolute Gasteiger partial charge is 0.345 e. The van der Waals surface area contributed by atoms with Gasteiger partial charge in [-0.15, -0.1) is 0 Å². The van der Waals surface area contributed by atoms with Crippen LogP contribution in [0.25, 0.3) is 5.65 Å². The number of aromatic nitrogens is 2. The maximum Gasteiger partial charge on any atom is 0.345 e. The molecule has 0 bridgehead atoms. The summed E-state index contributed by atoms with van der Waals surface area (Å²) in [5, 5.41) is 0. The Labute approximate surface area is 56.8 Å². The van der Waals surface area contributed by atoms with E-state index in [4.69, 9.17) is 4.52 Å².